The smallest absolute Gasteiger partial charge is 0.363 e. The van der Waals surface area contributed by atoms with E-state index in [0.29, 0.717) is 27.2 Å². The summed E-state index contributed by atoms with van der Waals surface area (Å²) < 4.78 is 5.86. The molecule has 5 rings (SSSR count). The van der Waals surface area contributed by atoms with Crippen molar-refractivity contribution in [2.75, 3.05) is 0 Å². The SMILES string of the molecule is O=C(ON1C(=O)CCC1=O)c1ccc(C(=O)O)c(-c2c3ccc(=O)cc-3oc3ccccc23)c1. The first kappa shape index (κ1) is 21.1. The van der Waals surface area contributed by atoms with Gasteiger partial charge < -0.3 is 14.4 Å². The first-order chi connectivity index (χ1) is 16.3. The van der Waals surface area contributed by atoms with Gasteiger partial charge in [-0.05, 0) is 42.0 Å². The lowest BCUT2D eigenvalue weighted by Crippen LogP contribution is -2.32. The van der Waals surface area contributed by atoms with Gasteiger partial charge in [-0.3, -0.25) is 14.4 Å². The van der Waals surface area contributed by atoms with Gasteiger partial charge in [0.2, 0.25) is 0 Å². The summed E-state index contributed by atoms with van der Waals surface area (Å²) in [6.07, 6.45) is -0.106. The van der Waals surface area contributed by atoms with Crippen molar-refractivity contribution >= 4 is 34.7 Å². The Morgan fingerprint density at radius 1 is 0.882 bits per heavy atom. The van der Waals surface area contributed by atoms with E-state index in [9.17, 15) is 29.1 Å². The van der Waals surface area contributed by atoms with Crippen molar-refractivity contribution in [2.45, 2.75) is 12.8 Å². The van der Waals surface area contributed by atoms with Crippen molar-refractivity contribution in [2.24, 2.45) is 0 Å². The fraction of sp³-hybridized carbons (Fsp3) is 0.0800. The highest BCUT2D eigenvalue weighted by molar-refractivity contribution is 6.09. The van der Waals surface area contributed by atoms with Crippen LogP contribution in [0.25, 0.3) is 33.4 Å². The van der Waals surface area contributed by atoms with Crippen LogP contribution in [-0.4, -0.2) is 33.9 Å². The van der Waals surface area contributed by atoms with E-state index in [1.165, 1.54) is 36.4 Å². The van der Waals surface area contributed by atoms with Gasteiger partial charge in [0.05, 0.1) is 11.1 Å². The van der Waals surface area contributed by atoms with Crippen LogP contribution in [-0.2, 0) is 14.4 Å². The second-order valence-corrected chi connectivity index (χ2v) is 7.66. The highest BCUT2D eigenvalue weighted by atomic mass is 16.7. The van der Waals surface area contributed by atoms with Gasteiger partial charge in [0.25, 0.3) is 11.8 Å². The maximum atomic E-state index is 12.8. The van der Waals surface area contributed by atoms with Gasteiger partial charge in [0.1, 0.15) is 11.3 Å². The number of carbonyl (C=O) groups is 4. The summed E-state index contributed by atoms with van der Waals surface area (Å²) in [7, 11) is 0. The molecule has 168 valence electrons. The van der Waals surface area contributed by atoms with Crippen molar-refractivity contribution in [3.63, 3.8) is 0 Å². The summed E-state index contributed by atoms with van der Waals surface area (Å²) in [5.41, 5.74) is 1.05. The zero-order valence-corrected chi connectivity index (χ0v) is 17.4. The monoisotopic (exact) mass is 457 g/mol. The molecule has 0 radical (unpaired) electrons. The number of rotatable bonds is 4. The van der Waals surface area contributed by atoms with Crippen LogP contribution in [0.3, 0.4) is 0 Å². The van der Waals surface area contributed by atoms with Gasteiger partial charge in [0, 0.05) is 35.4 Å². The molecule has 0 bridgehead atoms. The van der Waals surface area contributed by atoms with Gasteiger partial charge in [-0.1, -0.05) is 18.2 Å². The van der Waals surface area contributed by atoms with Gasteiger partial charge in [-0.2, -0.15) is 0 Å². The molecule has 9 nitrogen and oxygen atoms in total. The predicted octanol–water partition coefficient (Wildman–Crippen LogP) is 3.48. The molecule has 1 aliphatic carbocycles. The molecule has 1 N–H and O–H groups in total. The summed E-state index contributed by atoms with van der Waals surface area (Å²) in [5.74, 6) is -3.23. The number of para-hydroxylation sites is 1. The van der Waals surface area contributed by atoms with Gasteiger partial charge >= 0.3 is 11.9 Å². The zero-order valence-electron chi connectivity index (χ0n) is 17.4. The molecule has 2 aromatic rings. The molecular weight excluding hydrogens is 442 g/mol. The van der Waals surface area contributed by atoms with E-state index in [0.717, 1.165) is 0 Å². The number of hydrogen-bond donors (Lipinski definition) is 1. The third-order valence-electron chi connectivity index (χ3n) is 5.53. The quantitative estimate of drug-likeness (QED) is 0.364. The molecule has 2 amide bonds. The topological polar surface area (TPSA) is 131 Å². The molecule has 0 saturated carbocycles. The predicted molar refractivity (Wildman–Crippen MR) is 118 cm³/mol. The van der Waals surface area contributed by atoms with Crippen LogP contribution in [0, 0.1) is 0 Å². The van der Waals surface area contributed by atoms with E-state index >= 15 is 0 Å². The summed E-state index contributed by atoms with van der Waals surface area (Å²) >= 11 is 0. The maximum absolute atomic E-state index is 12.8. The molecule has 0 aromatic heterocycles. The van der Waals surface area contributed by atoms with E-state index < -0.39 is 23.8 Å². The van der Waals surface area contributed by atoms with Crippen LogP contribution in [0.1, 0.15) is 33.6 Å². The van der Waals surface area contributed by atoms with Gasteiger partial charge in [-0.15, -0.1) is 5.06 Å². The first-order valence-corrected chi connectivity index (χ1v) is 10.2. The average molecular weight is 457 g/mol. The molecule has 34 heavy (non-hydrogen) atoms. The summed E-state index contributed by atoms with van der Waals surface area (Å²) in [5, 5.41) is 10.8. The Kier molecular flexibility index (Phi) is 4.94. The van der Waals surface area contributed by atoms with E-state index in [4.69, 9.17) is 9.25 Å². The van der Waals surface area contributed by atoms with Crippen LogP contribution in [0.4, 0.5) is 0 Å². The normalized spacial score (nSPS) is 13.6. The molecule has 2 aliphatic heterocycles. The number of carboxylic acid groups (broad SMARTS) is 1. The lowest BCUT2D eigenvalue weighted by molar-refractivity contribution is -0.172. The Balaban J connectivity index is 1.73. The largest absolute Gasteiger partial charge is 0.478 e. The molecule has 2 heterocycles. The molecule has 3 aliphatic rings. The number of fused-ring (bicyclic) bond motifs is 2. The van der Waals surface area contributed by atoms with Crippen molar-refractivity contribution in [1.82, 2.24) is 5.06 Å². The molecule has 0 atom stereocenters. The second kappa shape index (κ2) is 7.96. The lowest BCUT2D eigenvalue weighted by atomic mass is 9.89. The minimum Gasteiger partial charge on any atom is -0.478 e. The molecule has 2 aromatic carbocycles. The number of hydroxylamine groups is 2. The van der Waals surface area contributed by atoms with E-state index in [-0.39, 0.29) is 40.7 Å². The van der Waals surface area contributed by atoms with Crippen LogP contribution in [0.15, 0.2) is 69.9 Å². The number of nitrogens with zero attached hydrogens (tertiary/aromatic N) is 1. The average Bonchev–Trinajstić information content (AvgIpc) is 3.14. The Labute approximate surface area is 191 Å². The lowest BCUT2D eigenvalue weighted by Gasteiger charge is -2.18. The minimum absolute atomic E-state index is 0.0531. The Bertz CT molecular complexity index is 1530. The summed E-state index contributed by atoms with van der Waals surface area (Å²) in [6, 6.07) is 14.9. The van der Waals surface area contributed by atoms with Gasteiger partial charge in [-0.25, -0.2) is 9.59 Å². The minimum atomic E-state index is -1.24. The van der Waals surface area contributed by atoms with Crippen LogP contribution in [0.5, 0.6) is 0 Å². The third-order valence-corrected chi connectivity index (χ3v) is 5.53. The number of amides is 2. The van der Waals surface area contributed by atoms with E-state index in [2.05, 4.69) is 0 Å². The molecule has 1 saturated heterocycles. The highest BCUT2D eigenvalue weighted by Gasteiger charge is 2.33. The Morgan fingerprint density at radius 2 is 1.62 bits per heavy atom. The number of carbonyl (C=O) groups excluding carboxylic acids is 3. The standard InChI is InChI=1S/C25H15NO8/c27-14-6-8-17-20(12-14)33-19-4-2-1-3-16(19)23(17)18-11-13(5-7-15(18)24(30)31)25(32)34-26-21(28)9-10-22(26)29/h1-8,11-12H,9-10H2,(H,30,31). The second-order valence-electron chi connectivity index (χ2n) is 7.66. The van der Waals surface area contributed by atoms with Crippen LogP contribution >= 0.6 is 0 Å². The number of aromatic carboxylic acids is 1. The number of benzene rings is 3. The van der Waals surface area contributed by atoms with Crippen molar-refractivity contribution in [3.05, 3.63) is 82.0 Å². The molecule has 1 fully saturated rings. The summed E-state index contributed by atoms with van der Waals surface area (Å²) in [4.78, 5) is 65.4. The van der Waals surface area contributed by atoms with Crippen molar-refractivity contribution in [1.29, 1.82) is 0 Å². The molecule has 9 heteroatoms. The third kappa shape index (κ3) is 3.49. The summed E-state index contributed by atoms with van der Waals surface area (Å²) in [6.45, 7) is 0. The van der Waals surface area contributed by atoms with Crippen LogP contribution in [0.2, 0.25) is 0 Å². The van der Waals surface area contributed by atoms with Crippen molar-refractivity contribution in [3.8, 4) is 22.5 Å². The van der Waals surface area contributed by atoms with Crippen LogP contribution < -0.4 is 5.43 Å². The van der Waals surface area contributed by atoms with Crippen molar-refractivity contribution < 1.29 is 33.5 Å². The highest BCUT2D eigenvalue weighted by Crippen LogP contribution is 2.41. The maximum Gasteiger partial charge on any atom is 0.363 e. The first-order valence-electron chi connectivity index (χ1n) is 10.2. The molecular formula is C25H15NO8. The molecule has 0 spiro atoms. The van der Waals surface area contributed by atoms with Gasteiger partial charge in [0.15, 0.2) is 5.43 Å². The number of carboxylic acids is 1. The number of imide groups is 1. The fourth-order valence-corrected chi connectivity index (χ4v) is 3.97. The number of hydrogen-bond acceptors (Lipinski definition) is 7. The zero-order chi connectivity index (χ0) is 24.0. The molecule has 0 unspecified atom stereocenters. The fourth-order valence-electron chi connectivity index (χ4n) is 3.97. The van der Waals surface area contributed by atoms with E-state index in [1.807, 2.05) is 0 Å². The van der Waals surface area contributed by atoms with E-state index in [1.54, 1.807) is 24.3 Å². The Morgan fingerprint density at radius 3 is 2.35 bits per heavy atom. The Hall–Kier alpha value is -4.79.